The quantitative estimate of drug-likeness (QED) is 0.541. The third-order valence-electron chi connectivity index (χ3n) is 6.96. The Kier molecular flexibility index (Phi) is 6.85. The molecule has 1 amide bonds. The Bertz CT molecular complexity index is 1230. The van der Waals surface area contributed by atoms with E-state index < -0.39 is 17.8 Å². The number of nitrogens with one attached hydrogen (secondary N) is 1. The maximum atomic E-state index is 13.1. The minimum Gasteiger partial charge on any atom is -0.396 e. The summed E-state index contributed by atoms with van der Waals surface area (Å²) in [5.41, 5.74) is 0.568. The second kappa shape index (κ2) is 10.1. The van der Waals surface area contributed by atoms with Gasteiger partial charge in [-0.25, -0.2) is 4.98 Å². The van der Waals surface area contributed by atoms with Crippen molar-refractivity contribution < 1.29 is 27.8 Å². The lowest BCUT2D eigenvalue weighted by Gasteiger charge is -2.30. The lowest BCUT2D eigenvalue weighted by atomic mass is 9.87. The van der Waals surface area contributed by atoms with Gasteiger partial charge in [-0.2, -0.15) is 18.3 Å². The average Bonchev–Trinajstić information content (AvgIpc) is 3.31. The summed E-state index contributed by atoms with van der Waals surface area (Å²) >= 11 is 0. The molecular weight excluding hydrogens is 475 g/mol. The molecule has 0 bridgehead atoms. The fourth-order valence-corrected chi connectivity index (χ4v) is 4.93. The Morgan fingerprint density at radius 3 is 2.58 bits per heavy atom. The SMILES string of the molecule is O=C(Nc1cc2cn(C3CCC(CO)CC3)nc2cc1N1CCOCC1)c1cccc(C(F)(F)F)n1. The van der Waals surface area contributed by atoms with Crippen LogP contribution in [0, 0.1) is 5.92 Å². The van der Waals surface area contributed by atoms with Gasteiger partial charge in [0.2, 0.25) is 0 Å². The Labute approximate surface area is 206 Å². The van der Waals surface area contributed by atoms with E-state index in [1.54, 1.807) is 0 Å². The summed E-state index contributed by atoms with van der Waals surface area (Å²) < 4.78 is 46.7. The monoisotopic (exact) mass is 503 g/mol. The minimum atomic E-state index is -4.64. The first-order chi connectivity index (χ1) is 17.3. The van der Waals surface area contributed by atoms with Crippen LogP contribution in [0.5, 0.6) is 0 Å². The van der Waals surface area contributed by atoms with Gasteiger partial charge in [0, 0.05) is 31.3 Å². The van der Waals surface area contributed by atoms with Gasteiger partial charge < -0.3 is 20.1 Å². The van der Waals surface area contributed by atoms with Crippen LogP contribution in [0.25, 0.3) is 10.9 Å². The molecule has 2 N–H and O–H groups in total. The minimum absolute atomic E-state index is 0.209. The topological polar surface area (TPSA) is 92.5 Å². The summed E-state index contributed by atoms with van der Waals surface area (Å²) in [6.45, 7) is 2.50. The highest BCUT2D eigenvalue weighted by atomic mass is 19.4. The van der Waals surface area contributed by atoms with Crippen molar-refractivity contribution in [3.05, 3.63) is 47.9 Å². The molecular formula is C25H28F3N5O3. The first-order valence-corrected chi connectivity index (χ1v) is 12.1. The smallest absolute Gasteiger partial charge is 0.396 e. The summed E-state index contributed by atoms with van der Waals surface area (Å²) in [5.74, 6) is -0.380. The number of aliphatic hydroxyl groups excluding tert-OH is 1. The van der Waals surface area contributed by atoms with Crippen molar-refractivity contribution in [2.24, 2.45) is 5.92 Å². The predicted molar refractivity (Wildman–Crippen MR) is 128 cm³/mol. The molecule has 36 heavy (non-hydrogen) atoms. The van der Waals surface area contributed by atoms with Crippen molar-refractivity contribution >= 4 is 28.2 Å². The number of morpholine rings is 1. The van der Waals surface area contributed by atoms with E-state index in [4.69, 9.17) is 9.84 Å². The molecule has 0 unspecified atom stereocenters. The largest absolute Gasteiger partial charge is 0.433 e. The Morgan fingerprint density at radius 2 is 1.89 bits per heavy atom. The van der Waals surface area contributed by atoms with Gasteiger partial charge >= 0.3 is 6.18 Å². The summed E-state index contributed by atoms with van der Waals surface area (Å²) in [7, 11) is 0. The summed E-state index contributed by atoms with van der Waals surface area (Å²) in [5, 5.41) is 17.8. The first kappa shape index (κ1) is 24.5. The summed E-state index contributed by atoms with van der Waals surface area (Å²) in [6, 6.07) is 7.23. The van der Waals surface area contributed by atoms with E-state index in [2.05, 4.69) is 15.2 Å². The highest BCUT2D eigenvalue weighted by Gasteiger charge is 2.33. The van der Waals surface area contributed by atoms with E-state index in [1.807, 2.05) is 23.0 Å². The zero-order chi connectivity index (χ0) is 25.3. The molecule has 1 saturated heterocycles. The van der Waals surface area contributed by atoms with Crippen molar-refractivity contribution in [3.8, 4) is 0 Å². The van der Waals surface area contributed by atoms with Crippen molar-refractivity contribution in [2.45, 2.75) is 37.9 Å². The third-order valence-corrected chi connectivity index (χ3v) is 6.96. The number of aromatic nitrogens is 3. The molecule has 1 aromatic carbocycles. The highest BCUT2D eigenvalue weighted by molar-refractivity contribution is 6.06. The number of hydrogen-bond donors (Lipinski definition) is 2. The standard InChI is InChI=1S/C25H28F3N5O3/c26-25(27,28)23-3-1-2-19(29-23)24(35)30-21-12-17-14-33(18-6-4-16(15-34)5-7-18)31-20(17)13-22(21)32-8-10-36-11-9-32/h1-3,12-14,16,18,34H,4-11,15H2,(H,30,35). The molecule has 1 aliphatic heterocycles. The van der Waals surface area contributed by atoms with Crippen LogP contribution in [-0.4, -0.2) is 58.7 Å². The molecule has 8 nitrogen and oxygen atoms in total. The fourth-order valence-electron chi connectivity index (χ4n) is 4.93. The molecule has 2 aliphatic rings. The number of anilines is 2. The van der Waals surface area contributed by atoms with Crippen LogP contribution >= 0.6 is 0 Å². The Hall–Kier alpha value is -3.18. The number of rotatable bonds is 5. The maximum Gasteiger partial charge on any atom is 0.433 e. The van der Waals surface area contributed by atoms with Crippen LogP contribution in [0.3, 0.4) is 0 Å². The number of halogens is 3. The van der Waals surface area contributed by atoms with Crippen molar-refractivity contribution in [1.29, 1.82) is 0 Å². The molecule has 1 saturated carbocycles. The van der Waals surface area contributed by atoms with E-state index >= 15 is 0 Å². The van der Waals surface area contributed by atoms with Crippen LogP contribution in [0.2, 0.25) is 0 Å². The molecule has 11 heteroatoms. The van der Waals surface area contributed by atoms with Gasteiger partial charge in [-0.05, 0) is 55.9 Å². The summed E-state index contributed by atoms with van der Waals surface area (Å²) in [6.07, 6.45) is 1.06. The number of aliphatic hydroxyl groups is 1. The fraction of sp³-hybridized carbons (Fsp3) is 0.480. The predicted octanol–water partition coefficient (Wildman–Crippen LogP) is 4.26. The zero-order valence-corrected chi connectivity index (χ0v) is 19.7. The number of carbonyl (C=O) groups excluding carboxylic acids is 1. The lowest BCUT2D eigenvalue weighted by molar-refractivity contribution is -0.141. The molecule has 3 aromatic rings. The molecule has 2 fully saturated rings. The normalized spacial score (nSPS) is 21.1. The number of hydrogen-bond acceptors (Lipinski definition) is 6. The number of carbonyl (C=O) groups is 1. The van der Waals surface area contributed by atoms with Crippen LogP contribution in [0.4, 0.5) is 24.5 Å². The van der Waals surface area contributed by atoms with Gasteiger partial charge in [-0.15, -0.1) is 0 Å². The number of fused-ring (bicyclic) bond motifs is 1. The van der Waals surface area contributed by atoms with Crippen molar-refractivity contribution in [3.63, 3.8) is 0 Å². The number of ether oxygens (including phenoxy) is 1. The Balaban J connectivity index is 1.46. The zero-order valence-electron chi connectivity index (χ0n) is 19.7. The summed E-state index contributed by atoms with van der Waals surface area (Å²) in [4.78, 5) is 18.5. The number of amides is 1. The molecule has 1 aliphatic carbocycles. The van der Waals surface area contributed by atoms with Gasteiger partial charge in [0.25, 0.3) is 5.91 Å². The second-order valence-electron chi connectivity index (χ2n) is 9.35. The van der Waals surface area contributed by atoms with Gasteiger partial charge in [-0.3, -0.25) is 9.48 Å². The van der Waals surface area contributed by atoms with Gasteiger partial charge in [0.05, 0.1) is 36.1 Å². The molecule has 192 valence electrons. The second-order valence-corrected chi connectivity index (χ2v) is 9.35. The van der Waals surface area contributed by atoms with E-state index in [9.17, 15) is 23.1 Å². The molecule has 2 aromatic heterocycles. The van der Waals surface area contributed by atoms with E-state index in [-0.39, 0.29) is 18.3 Å². The lowest BCUT2D eigenvalue weighted by Crippen LogP contribution is -2.36. The number of alkyl halides is 3. The first-order valence-electron chi connectivity index (χ1n) is 12.1. The number of pyridine rings is 1. The van der Waals surface area contributed by atoms with Crippen molar-refractivity contribution in [1.82, 2.24) is 14.8 Å². The Morgan fingerprint density at radius 1 is 1.14 bits per heavy atom. The molecule has 0 radical (unpaired) electrons. The van der Waals surface area contributed by atoms with Gasteiger partial charge in [-0.1, -0.05) is 6.07 Å². The highest BCUT2D eigenvalue weighted by Crippen LogP contribution is 2.36. The maximum absolute atomic E-state index is 13.1. The van der Waals surface area contributed by atoms with Crippen molar-refractivity contribution in [2.75, 3.05) is 43.1 Å². The van der Waals surface area contributed by atoms with E-state index in [0.717, 1.165) is 48.3 Å². The van der Waals surface area contributed by atoms with Crippen LogP contribution < -0.4 is 10.2 Å². The van der Waals surface area contributed by atoms with Crippen LogP contribution in [0.15, 0.2) is 36.5 Å². The molecule has 5 rings (SSSR count). The third kappa shape index (κ3) is 5.17. The molecule has 0 spiro atoms. The van der Waals surface area contributed by atoms with E-state index in [0.29, 0.717) is 37.9 Å². The molecule has 0 atom stereocenters. The van der Waals surface area contributed by atoms with Crippen LogP contribution in [-0.2, 0) is 10.9 Å². The van der Waals surface area contributed by atoms with E-state index in [1.165, 1.54) is 12.1 Å². The van der Waals surface area contributed by atoms with Gasteiger partial charge in [0.15, 0.2) is 0 Å². The van der Waals surface area contributed by atoms with Crippen LogP contribution in [0.1, 0.15) is 47.9 Å². The number of benzene rings is 1. The molecule has 3 heterocycles. The van der Waals surface area contributed by atoms with Gasteiger partial charge in [0.1, 0.15) is 11.4 Å². The number of nitrogens with zero attached hydrogens (tertiary/aromatic N) is 4. The average molecular weight is 504 g/mol.